The average molecular weight is 396 g/mol. The van der Waals surface area contributed by atoms with Gasteiger partial charge in [0.05, 0.1) is 6.54 Å². The van der Waals surface area contributed by atoms with Crippen LogP contribution in [-0.2, 0) is 11.3 Å². The van der Waals surface area contributed by atoms with E-state index in [0.29, 0.717) is 13.3 Å². The van der Waals surface area contributed by atoms with Gasteiger partial charge >= 0.3 is 0 Å². The maximum absolute atomic E-state index is 12.6. The first-order valence-corrected chi connectivity index (χ1v) is 10.2. The van der Waals surface area contributed by atoms with Crippen LogP contribution in [0.3, 0.4) is 0 Å². The van der Waals surface area contributed by atoms with Crippen molar-refractivity contribution in [3.63, 3.8) is 0 Å². The van der Waals surface area contributed by atoms with Crippen LogP contribution >= 0.6 is 0 Å². The van der Waals surface area contributed by atoms with Gasteiger partial charge in [-0.3, -0.25) is 14.6 Å². The van der Waals surface area contributed by atoms with Crippen molar-refractivity contribution < 1.29 is 14.3 Å². The van der Waals surface area contributed by atoms with Crippen LogP contribution in [0, 0.1) is 20.8 Å². The van der Waals surface area contributed by atoms with E-state index in [1.807, 2.05) is 19.9 Å². The zero-order chi connectivity index (χ0) is 20.4. The number of aryl methyl sites for hydroxylation is 3. The van der Waals surface area contributed by atoms with Crippen molar-refractivity contribution in [3.8, 4) is 11.5 Å². The van der Waals surface area contributed by atoms with Crippen LogP contribution in [0.1, 0.15) is 22.3 Å². The van der Waals surface area contributed by atoms with Gasteiger partial charge in [0, 0.05) is 38.4 Å². The lowest BCUT2D eigenvalue weighted by Gasteiger charge is -2.34. The van der Waals surface area contributed by atoms with Crippen molar-refractivity contribution >= 4 is 11.6 Å². The molecule has 0 aromatic heterocycles. The van der Waals surface area contributed by atoms with Crippen molar-refractivity contribution in [1.82, 2.24) is 9.80 Å². The number of nitrogens with one attached hydrogen (secondary N) is 1. The molecule has 0 bridgehead atoms. The fourth-order valence-corrected chi connectivity index (χ4v) is 4.16. The number of hydrogen-bond donors (Lipinski definition) is 1. The molecular weight excluding hydrogens is 366 g/mol. The van der Waals surface area contributed by atoms with Crippen LogP contribution in [-0.4, -0.2) is 55.2 Å². The molecule has 6 heteroatoms. The van der Waals surface area contributed by atoms with E-state index >= 15 is 0 Å². The van der Waals surface area contributed by atoms with Crippen molar-refractivity contribution in [2.45, 2.75) is 27.3 Å². The highest BCUT2D eigenvalue weighted by Crippen LogP contribution is 2.32. The summed E-state index contributed by atoms with van der Waals surface area (Å²) in [6.45, 7) is 11.5. The molecule has 2 aliphatic rings. The fraction of sp³-hybridized carbons (Fsp3) is 0.435. The number of carbonyl (C=O) groups is 1. The Morgan fingerprint density at radius 2 is 1.59 bits per heavy atom. The molecule has 1 amide bonds. The molecule has 4 rings (SSSR count). The van der Waals surface area contributed by atoms with Gasteiger partial charge in [0.25, 0.3) is 0 Å². The van der Waals surface area contributed by atoms with E-state index < -0.39 is 0 Å². The Morgan fingerprint density at radius 3 is 2.31 bits per heavy atom. The smallest absolute Gasteiger partial charge is 0.238 e. The predicted molar refractivity (Wildman–Crippen MR) is 114 cm³/mol. The highest BCUT2D eigenvalue weighted by Gasteiger charge is 2.21. The molecule has 2 aliphatic heterocycles. The molecule has 0 aliphatic carbocycles. The van der Waals surface area contributed by atoms with Gasteiger partial charge in [0.2, 0.25) is 12.7 Å². The van der Waals surface area contributed by atoms with Gasteiger partial charge in [-0.05, 0) is 49.6 Å². The Hall–Kier alpha value is -2.57. The Bertz CT molecular complexity index is 881. The van der Waals surface area contributed by atoms with Gasteiger partial charge < -0.3 is 14.8 Å². The monoisotopic (exact) mass is 395 g/mol. The fourth-order valence-electron chi connectivity index (χ4n) is 4.16. The Balaban J connectivity index is 1.26. The highest BCUT2D eigenvalue weighted by molar-refractivity contribution is 5.93. The van der Waals surface area contributed by atoms with Crippen molar-refractivity contribution in [2.75, 3.05) is 44.8 Å². The molecule has 1 fully saturated rings. The first-order valence-electron chi connectivity index (χ1n) is 10.2. The third kappa shape index (κ3) is 4.71. The van der Waals surface area contributed by atoms with Crippen LogP contribution in [0.5, 0.6) is 11.5 Å². The highest BCUT2D eigenvalue weighted by atomic mass is 16.7. The summed E-state index contributed by atoms with van der Waals surface area (Å²) < 4.78 is 10.8. The Labute approximate surface area is 172 Å². The molecule has 2 aromatic carbocycles. The van der Waals surface area contributed by atoms with Crippen LogP contribution in [0.2, 0.25) is 0 Å². The Kier molecular flexibility index (Phi) is 5.74. The number of anilines is 1. The molecule has 0 saturated carbocycles. The molecule has 0 atom stereocenters. The number of nitrogens with zero attached hydrogens (tertiary/aromatic N) is 2. The zero-order valence-corrected chi connectivity index (χ0v) is 17.5. The van der Waals surface area contributed by atoms with Gasteiger partial charge in [-0.1, -0.05) is 23.8 Å². The summed E-state index contributed by atoms with van der Waals surface area (Å²) in [6, 6.07) is 10.4. The lowest BCUT2D eigenvalue weighted by molar-refractivity contribution is -0.117. The number of fused-ring (bicyclic) bond motifs is 1. The van der Waals surface area contributed by atoms with E-state index in [1.165, 1.54) is 11.1 Å². The predicted octanol–water partition coefficient (Wildman–Crippen LogP) is 3.10. The van der Waals surface area contributed by atoms with Gasteiger partial charge in [-0.2, -0.15) is 0 Å². The summed E-state index contributed by atoms with van der Waals surface area (Å²) in [4.78, 5) is 17.2. The molecule has 2 heterocycles. The molecular formula is C23H29N3O3. The van der Waals surface area contributed by atoms with Gasteiger partial charge in [0.1, 0.15) is 0 Å². The summed E-state index contributed by atoms with van der Waals surface area (Å²) in [5.74, 6) is 1.72. The summed E-state index contributed by atoms with van der Waals surface area (Å²) in [5, 5.41) is 3.11. The van der Waals surface area contributed by atoms with Crippen molar-refractivity contribution in [3.05, 3.63) is 52.6 Å². The van der Waals surface area contributed by atoms with E-state index in [-0.39, 0.29) is 5.91 Å². The molecule has 2 aromatic rings. The second kappa shape index (κ2) is 8.43. The Morgan fingerprint density at radius 1 is 0.931 bits per heavy atom. The van der Waals surface area contributed by atoms with Crippen LogP contribution in [0.4, 0.5) is 5.69 Å². The number of carbonyl (C=O) groups excluding carboxylic acids is 1. The summed E-state index contributed by atoms with van der Waals surface area (Å²) >= 11 is 0. The number of piperazine rings is 1. The number of benzene rings is 2. The second-order valence-electron chi connectivity index (χ2n) is 8.06. The normalized spacial score (nSPS) is 16.8. The lowest BCUT2D eigenvalue weighted by Crippen LogP contribution is -2.48. The minimum atomic E-state index is 0.0595. The molecule has 0 spiro atoms. The van der Waals surface area contributed by atoms with E-state index in [1.54, 1.807) is 0 Å². The largest absolute Gasteiger partial charge is 0.454 e. The third-order valence-electron chi connectivity index (χ3n) is 5.62. The third-order valence-corrected chi connectivity index (χ3v) is 5.62. The second-order valence-corrected chi connectivity index (χ2v) is 8.06. The van der Waals surface area contributed by atoms with E-state index in [2.05, 4.69) is 46.3 Å². The minimum Gasteiger partial charge on any atom is -0.454 e. The van der Waals surface area contributed by atoms with E-state index in [9.17, 15) is 4.79 Å². The lowest BCUT2D eigenvalue weighted by atomic mass is 10.1. The number of amides is 1. The first-order chi connectivity index (χ1) is 14.0. The molecule has 0 unspecified atom stereocenters. The van der Waals surface area contributed by atoms with Crippen LogP contribution in [0.25, 0.3) is 0 Å². The summed E-state index contributed by atoms with van der Waals surface area (Å²) in [7, 11) is 0. The van der Waals surface area contributed by atoms with E-state index in [4.69, 9.17) is 9.47 Å². The quantitative estimate of drug-likeness (QED) is 0.843. The van der Waals surface area contributed by atoms with Gasteiger partial charge in [-0.15, -0.1) is 0 Å². The van der Waals surface area contributed by atoms with Crippen LogP contribution in [0.15, 0.2) is 30.3 Å². The zero-order valence-electron chi connectivity index (χ0n) is 17.5. The summed E-state index contributed by atoms with van der Waals surface area (Å²) in [5.41, 5.74) is 5.62. The molecule has 1 saturated heterocycles. The molecule has 154 valence electrons. The average Bonchev–Trinajstić information content (AvgIpc) is 3.14. The van der Waals surface area contributed by atoms with E-state index in [0.717, 1.165) is 61.0 Å². The maximum atomic E-state index is 12.6. The van der Waals surface area contributed by atoms with Gasteiger partial charge in [0.15, 0.2) is 11.5 Å². The molecule has 0 radical (unpaired) electrons. The summed E-state index contributed by atoms with van der Waals surface area (Å²) in [6.07, 6.45) is 0. The maximum Gasteiger partial charge on any atom is 0.238 e. The van der Waals surface area contributed by atoms with Crippen molar-refractivity contribution in [1.29, 1.82) is 0 Å². The van der Waals surface area contributed by atoms with Crippen molar-refractivity contribution in [2.24, 2.45) is 0 Å². The molecule has 29 heavy (non-hydrogen) atoms. The number of ether oxygens (including phenoxy) is 2. The first kappa shape index (κ1) is 19.7. The SMILES string of the molecule is Cc1cc(C)c(NC(=O)CN2CCN(Cc3ccc4c(c3)OCO4)CC2)c(C)c1. The minimum absolute atomic E-state index is 0.0595. The standard InChI is InChI=1S/C23H29N3O3/c1-16-10-17(2)23(18(3)11-16)24-22(27)14-26-8-6-25(7-9-26)13-19-4-5-20-21(12-19)29-15-28-20/h4-5,10-12H,6-9,13-15H2,1-3H3,(H,24,27). The number of hydrogen-bond acceptors (Lipinski definition) is 5. The molecule has 6 nitrogen and oxygen atoms in total. The molecule has 1 N–H and O–H groups in total. The van der Waals surface area contributed by atoms with Gasteiger partial charge in [-0.25, -0.2) is 0 Å². The number of rotatable bonds is 5. The topological polar surface area (TPSA) is 54.0 Å². The van der Waals surface area contributed by atoms with Crippen LogP contribution < -0.4 is 14.8 Å².